The molecule has 0 radical (unpaired) electrons. The first kappa shape index (κ1) is 19.8. The maximum atomic E-state index is 12.5. The highest BCUT2D eigenvalue weighted by atomic mass is 16.2. The summed E-state index contributed by atoms with van der Waals surface area (Å²) in [6.45, 7) is 5.09. The van der Waals surface area contributed by atoms with Crippen molar-refractivity contribution in [3.63, 3.8) is 0 Å². The SMILES string of the molecule is CCn1c2ccccc2c2cc(/C=N\NC(=O)c3cc(-c4ccc(C)cc4)n[nH]3)ccc21. The summed E-state index contributed by atoms with van der Waals surface area (Å²) in [7, 11) is 0. The number of carbonyl (C=O) groups excluding carboxylic acids is 1. The molecular formula is C26H23N5O. The smallest absolute Gasteiger partial charge is 0.289 e. The highest BCUT2D eigenvalue weighted by Gasteiger charge is 2.11. The first-order valence-corrected chi connectivity index (χ1v) is 10.6. The number of para-hydroxylation sites is 1. The summed E-state index contributed by atoms with van der Waals surface area (Å²) in [6.07, 6.45) is 1.66. The van der Waals surface area contributed by atoms with Crippen LogP contribution in [0.25, 0.3) is 33.1 Å². The highest BCUT2D eigenvalue weighted by Crippen LogP contribution is 2.29. The molecule has 6 nitrogen and oxygen atoms in total. The van der Waals surface area contributed by atoms with E-state index in [-0.39, 0.29) is 5.91 Å². The van der Waals surface area contributed by atoms with Gasteiger partial charge in [-0.05, 0) is 43.7 Å². The zero-order chi connectivity index (χ0) is 22.1. The van der Waals surface area contributed by atoms with Crippen LogP contribution in [-0.2, 0) is 6.54 Å². The van der Waals surface area contributed by atoms with E-state index in [2.05, 4.69) is 68.6 Å². The van der Waals surface area contributed by atoms with Gasteiger partial charge in [0, 0.05) is 33.9 Å². The van der Waals surface area contributed by atoms with E-state index in [0.717, 1.165) is 23.4 Å². The second-order valence-electron chi connectivity index (χ2n) is 7.77. The second-order valence-corrected chi connectivity index (χ2v) is 7.77. The van der Waals surface area contributed by atoms with Crippen molar-refractivity contribution in [1.29, 1.82) is 0 Å². The number of H-pyrrole nitrogens is 1. The number of aromatic nitrogens is 3. The molecule has 0 bridgehead atoms. The number of nitrogens with zero attached hydrogens (tertiary/aromatic N) is 3. The Bertz CT molecular complexity index is 1460. The van der Waals surface area contributed by atoms with Crippen molar-refractivity contribution < 1.29 is 4.79 Å². The Kier molecular flexibility index (Phi) is 5.03. The van der Waals surface area contributed by atoms with Crippen LogP contribution >= 0.6 is 0 Å². The lowest BCUT2D eigenvalue weighted by Crippen LogP contribution is -2.18. The van der Waals surface area contributed by atoms with Crippen molar-refractivity contribution in [2.45, 2.75) is 20.4 Å². The third-order valence-electron chi connectivity index (χ3n) is 5.66. The fraction of sp³-hybridized carbons (Fsp3) is 0.115. The molecule has 5 rings (SSSR count). The topological polar surface area (TPSA) is 75.1 Å². The number of benzene rings is 3. The third kappa shape index (κ3) is 3.56. The average molecular weight is 422 g/mol. The van der Waals surface area contributed by atoms with Crippen LogP contribution in [0.5, 0.6) is 0 Å². The van der Waals surface area contributed by atoms with Crippen molar-refractivity contribution >= 4 is 33.9 Å². The van der Waals surface area contributed by atoms with Crippen LogP contribution in [0.15, 0.2) is 77.9 Å². The molecule has 158 valence electrons. The lowest BCUT2D eigenvalue weighted by atomic mass is 10.1. The molecule has 0 aliphatic rings. The van der Waals surface area contributed by atoms with Gasteiger partial charge in [-0.1, -0.05) is 54.1 Å². The van der Waals surface area contributed by atoms with Gasteiger partial charge in [0.15, 0.2) is 0 Å². The van der Waals surface area contributed by atoms with E-state index >= 15 is 0 Å². The Balaban J connectivity index is 1.34. The van der Waals surface area contributed by atoms with Crippen LogP contribution in [-0.4, -0.2) is 26.9 Å². The predicted molar refractivity (Wildman–Crippen MR) is 129 cm³/mol. The zero-order valence-corrected chi connectivity index (χ0v) is 18.0. The summed E-state index contributed by atoms with van der Waals surface area (Å²) < 4.78 is 2.30. The molecule has 0 saturated carbocycles. The molecule has 0 unspecified atom stereocenters. The second kappa shape index (κ2) is 8.15. The van der Waals surface area contributed by atoms with Gasteiger partial charge in [-0.25, -0.2) is 5.43 Å². The van der Waals surface area contributed by atoms with E-state index in [4.69, 9.17) is 0 Å². The number of aryl methyl sites for hydroxylation is 2. The Morgan fingerprint density at radius 2 is 1.81 bits per heavy atom. The van der Waals surface area contributed by atoms with E-state index < -0.39 is 0 Å². The molecule has 0 fully saturated rings. The number of carbonyl (C=O) groups is 1. The molecular weight excluding hydrogens is 398 g/mol. The van der Waals surface area contributed by atoms with Crippen molar-refractivity contribution in [3.05, 3.63) is 89.6 Å². The number of hydrazone groups is 1. The van der Waals surface area contributed by atoms with Gasteiger partial charge in [0.1, 0.15) is 5.69 Å². The maximum Gasteiger partial charge on any atom is 0.289 e. The summed E-state index contributed by atoms with van der Waals surface area (Å²) in [5.74, 6) is -0.337. The van der Waals surface area contributed by atoms with Crippen molar-refractivity contribution in [2.75, 3.05) is 0 Å². The fourth-order valence-corrected chi connectivity index (χ4v) is 4.03. The Morgan fingerprint density at radius 3 is 2.62 bits per heavy atom. The molecule has 6 heteroatoms. The minimum Gasteiger partial charge on any atom is -0.341 e. The number of aromatic amines is 1. The summed E-state index contributed by atoms with van der Waals surface area (Å²) in [5, 5.41) is 13.6. The van der Waals surface area contributed by atoms with E-state index in [1.807, 2.05) is 37.3 Å². The van der Waals surface area contributed by atoms with Crippen molar-refractivity contribution in [1.82, 2.24) is 20.2 Å². The lowest BCUT2D eigenvalue weighted by Gasteiger charge is -2.02. The van der Waals surface area contributed by atoms with E-state index in [9.17, 15) is 4.79 Å². The van der Waals surface area contributed by atoms with Gasteiger partial charge in [-0.3, -0.25) is 9.89 Å². The number of rotatable bonds is 5. The Labute approximate surface area is 185 Å². The van der Waals surface area contributed by atoms with Gasteiger partial charge in [-0.15, -0.1) is 0 Å². The number of amides is 1. The van der Waals surface area contributed by atoms with Gasteiger partial charge in [0.25, 0.3) is 5.91 Å². The normalized spacial score (nSPS) is 11.6. The zero-order valence-electron chi connectivity index (χ0n) is 18.0. The van der Waals surface area contributed by atoms with Crippen LogP contribution in [0.4, 0.5) is 0 Å². The lowest BCUT2D eigenvalue weighted by molar-refractivity contribution is 0.0950. The monoisotopic (exact) mass is 421 g/mol. The molecule has 0 aliphatic carbocycles. The number of hydrogen-bond donors (Lipinski definition) is 2. The molecule has 0 aliphatic heterocycles. The minimum atomic E-state index is -0.337. The third-order valence-corrected chi connectivity index (χ3v) is 5.66. The van der Waals surface area contributed by atoms with Gasteiger partial charge >= 0.3 is 0 Å². The first-order chi connectivity index (χ1) is 15.6. The van der Waals surface area contributed by atoms with Gasteiger partial charge < -0.3 is 4.57 Å². The molecule has 2 heterocycles. The molecule has 2 aromatic heterocycles. The largest absolute Gasteiger partial charge is 0.341 e. The fourth-order valence-electron chi connectivity index (χ4n) is 4.03. The predicted octanol–water partition coefficient (Wildman–Crippen LogP) is 5.28. The van der Waals surface area contributed by atoms with E-state index in [0.29, 0.717) is 5.69 Å². The standard InChI is InChI=1S/C26H23N5O/c1-3-31-24-7-5-4-6-20(24)21-14-18(10-13-25(21)31)16-27-30-26(32)23-15-22(28-29-23)19-11-8-17(2)9-12-19/h4-16H,3H2,1-2H3,(H,28,29)(H,30,32)/b27-16-. The van der Waals surface area contributed by atoms with Crippen molar-refractivity contribution in [3.8, 4) is 11.3 Å². The summed E-state index contributed by atoms with van der Waals surface area (Å²) >= 11 is 0. The number of hydrogen-bond acceptors (Lipinski definition) is 3. The highest BCUT2D eigenvalue weighted by molar-refractivity contribution is 6.09. The average Bonchev–Trinajstić information content (AvgIpc) is 3.43. The molecule has 0 atom stereocenters. The van der Waals surface area contributed by atoms with Crippen LogP contribution in [0.3, 0.4) is 0 Å². The molecule has 2 N–H and O–H groups in total. The number of fused-ring (bicyclic) bond motifs is 3. The Hall–Kier alpha value is -4.19. The summed E-state index contributed by atoms with van der Waals surface area (Å²) in [6, 6.07) is 24.3. The van der Waals surface area contributed by atoms with E-state index in [1.165, 1.54) is 27.4 Å². The van der Waals surface area contributed by atoms with Crippen LogP contribution in [0.1, 0.15) is 28.5 Å². The minimum absolute atomic E-state index is 0.337. The molecule has 32 heavy (non-hydrogen) atoms. The molecule has 1 amide bonds. The number of nitrogens with one attached hydrogen (secondary N) is 2. The first-order valence-electron chi connectivity index (χ1n) is 10.6. The summed E-state index contributed by atoms with van der Waals surface area (Å²) in [5.41, 5.74) is 9.11. The van der Waals surface area contributed by atoms with Gasteiger partial charge in [0.05, 0.1) is 11.9 Å². The van der Waals surface area contributed by atoms with Crippen LogP contribution in [0.2, 0.25) is 0 Å². The molecule has 5 aromatic rings. The molecule has 0 spiro atoms. The Morgan fingerprint density at radius 1 is 1.03 bits per heavy atom. The van der Waals surface area contributed by atoms with Crippen LogP contribution in [0, 0.1) is 6.92 Å². The molecule has 0 saturated heterocycles. The quantitative estimate of drug-likeness (QED) is 0.299. The van der Waals surface area contributed by atoms with E-state index in [1.54, 1.807) is 12.3 Å². The van der Waals surface area contributed by atoms with Gasteiger partial charge in [-0.2, -0.15) is 10.2 Å². The van der Waals surface area contributed by atoms with Crippen molar-refractivity contribution in [2.24, 2.45) is 5.10 Å². The molecule has 3 aromatic carbocycles. The summed E-state index contributed by atoms with van der Waals surface area (Å²) in [4.78, 5) is 12.5. The van der Waals surface area contributed by atoms with Crippen LogP contribution < -0.4 is 5.43 Å². The van der Waals surface area contributed by atoms with Gasteiger partial charge in [0.2, 0.25) is 0 Å². The maximum absolute atomic E-state index is 12.5.